The van der Waals surface area contributed by atoms with Crippen molar-refractivity contribution in [1.82, 2.24) is 9.47 Å². The van der Waals surface area contributed by atoms with Crippen molar-refractivity contribution in [1.29, 1.82) is 0 Å². The monoisotopic (exact) mass is 440 g/mol. The molecule has 1 N–H and O–H groups in total. The van der Waals surface area contributed by atoms with Crippen LogP contribution in [0.1, 0.15) is 17.3 Å². The molecule has 2 heterocycles. The van der Waals surface area contributed by atoms with Gasteiger partial charge in [-0.15, -0.1) is 0 Å². The molecule has 168 valence electrons. The Labute approximate surface area is 184 Å². The Kier molecular flexibility index (Phi) is 6.53. The number of carbonyl (C=O) groups excluding carboxylic acids is 1. The molecule has 0 aliphatic carbocycles. The molecular weight excluding hydrogens is 415 g/mol. The van der Waals surface area contributed by atoms with Gasteiger partial charge in [0.1, 0.15) is 11.6 Å². The summed E-state index contributed by atoms with van der Waals surface area (Å²) in [5.41, 5.74) is 1.02. The number of rotatable bonds is 6. The minimum absolute atomic E-state index is 0.0825. The molecule has 1 saturated heterocycles. The average molecular weight is 440 g/mol. The standard InChI is InChI=1S/C24H25FN2O5/c1-2-32-24(30)21-22(28)19-15-17(16-3-6-18(25)7-4-16)5-8-20(19)27(23(21)29)10-9-26-11-13-31-14-12-26/h3-8,15,28H,2,9-14H2,1H3. The molecule has 1 fully saturated rings. The number of morpholine rings is 1. The predicted octanol–water partition coefficient (Wildman–Crippen LogP) is 3.02. The molecule has 0 atom stereocenters. The van der Waals surface area contributed by atoms with Crippen LogP contribution in [0.25, 0.3) is 22.0 Å². The van der Waals surface area contributed by atoms with E-state index in [-0.39, 0.29) is 18.0 Å². The Hall–Kier alpha value is -3.23. The zero-order valence-corrected chi connectivity index (χ0v) is 17.8. The number of halogens is 1. The van der Waals surface area contributed by atoms with Crippen LogP contribution in [0.3, 0.4) is 0 Å². The number of benzene rings is 2. The van der Waals surface area contributed by atoms with E-state index in [4.69, 9.17) is 9.47 Å². The largest absolute Gasteiger partial charge is 0.506 e. The number of aromatic nitrogens is 1. The number of carbonyl (C=O) groups is 1. The fourth-order valence-electron chi connectivity index (χ4n) is 3.94. The Bertz CT molecular complexity index is 1180. The SMILES string of the molecule is CCOC(=O)c1c(O)c2cc(-c3ccc(F)cc3)ccc2n(CCN2CCOCC2)c1=O. The molecule has 32 heavy (non-hydrogen) atoms. The van der Waals surface area contributed by atoms with Gasteiger partial charge in [0, 0.05) is 31.6 Å². The summed E-state index contributed by atoms with van der Waals surface area (Å²) < 4.78 is 25.2. The molecule has 8 heteroatoms. The smallest absolute Gasteiger partial charge is 0.347 e. The zero-order chi connectivity index (χ0) is 22.7. The summed E-state index contributed by atoms with van der Waals surface area (Å²) in [6.07, 6.45) is 0. The summed E-state index contributed by atoms with van der Waals surface area (Å²) in [6, 6.07) is 11.2. The van der Waals surface area contributed by atoms with Crippen LogP contribution in [0.15, 0.2) is 47.3 Å². The second-order valence-electron chi connectivity index (χ2n) is 7.59. The lowest BCUT2D eigenvalue weighted by atomic mass is 10.0. The van der Waals surface area contributed by atoms with Gasteiger partial charge < -0.3 is 19.1 Å². The van der Waals surface area contributed by atoms with Crippen molar-refractivity contribution >= 4 is 16.9 Å². The summed E-state index contributed by atoms with van der Waals surface area (Å²) in [5.74, 6) is -1.61. The minimum Gasteiger partial charge on any atom is -0.506 e. The summed E-state index contributed by atoms with van der Waals surface area (Å²) in [5, 5.41) is 11.2. The van der Waals surface area contributed by atoms with E-state index in [1.54, 1.807) is 31.2 Å². The van der Waals surface area contributed by atoms with Crippen molar-refractivity contribution in [2.45, 2.75) is 13.5 Å². The van der Waals surface area contributed by atoms with Crippen LogP contribution in [0, 0.1) is 5.82 Å². The first-order chi connectivity index (χ1) is 15.5. The highest BCUT2D eigenvalue weighted by atomic mass is 19.1. The average Bonchev–Trinajstić information content (AvgIpc) is 2.80. The van der Waals surface area contributed by atoms with Gasteiger partial charge >= 0.3 is 5.97 Å². The highest BCUT2D eigenvalue weighted by Crippen LogP contribution is 2.31. The molecule has 0 spiro atoms. The third-order valence-electron chi connectivity index (χ3n) is 5.64. The first kappa shape index (κ1) is 22.0. The number of aromatic hydroxyl groups is 1. The highest BCUT2D eigenvalue weighted by Gasteiger charge is 2.24. The van der Waals surface area contributed by atoms with Crippen molar-refractivity contribution < 1.29 is 23.8 Å². The molecule has 0 bridgehead atoms. The van der Waals surface area contributed by atoms with E-state index in [1.165, 1.54) is 16.7 Å². The summed E-state index contributed by atoms with van der Waals surface area (Å²) >= 11 is 0. The molecule has 7 nitrogen and oxygen atoms in total. The van der Waals surface area contributed by atoms with E-state index in [0.29, 0.717) is 37.2 Å². The lowest BCUT2D eigenvalue weighted by molar-refractivity contribution is 0.0364. The number of esters is 1. The summed E-state index contributed by atoms with van der Waals surface area (Å²) in [7, 11) is 0. The van der Waals surface area contributed by atoms with E-state index in [9.17, 15) is 19.1 Å². The fourth-order valence-corrected chi connectivity index (χ4v) is 3.94. The van der Waals surface area contributed by atoms with E-state index < -0.39 is 17.3 Å². The number of nitrogens with zero attached hydrogens (tertiary/aromatic N) is 2. The lowest BCUT2D eigenvalue weighted by Crippen LogP contribution is -2.40. The number of hydrogen-bond acceptors (Lipinski definition) is 6. The van der Waals surface area contributed by atoms with E-state index >= 15 is 0 Å². The van der Waals surface area contributed by atoms with Gasteiger partial charge in [0.15, 0.2) is 5.56 Å². The molecule has 4 rings (SSSR count). The van der Waals surface area contributed by atoms with E-state index in [2.05, 4.69) is 4.90 Å². The third kappa shape index (κ3) is 4.37. The van der Waals surface area contributed by atoms with Crippen LogP contribution in [-0.4, -0.2) is 60.0 Å². The number of pyridine rings is 1. The Morgan fingerprint density at radius 1 is 1.09 bits per heavy atom. The topological polar surface area (TPSA) is 81.0 Å². The third-order valence-corrected chi connectivity index (χ3v) is 5.64. The van der Waals surface area contributed by atoms with Crippen molar-refractivity contribution in [2.24, 2.45) is 0 Å². The first-order valence-corrected chi connectivity index (χ1v) is 10.6. The lowest BCUT2D eigenvalue weighted by Gasteiger charge is -2.27. The van der Waals surface area contributed by atoms with E-state index in [1.807, 2.05) is 6.07 Å². The summed E-state index contributed by atoms with van der Waals surface area (Å²) in [6.45, 7) is 5.48. The van der Waals surface area contributed by atoms with Crippen LogP contribution in [0.5, 0.6) is 5.75 Å². The van der Waals surface area contributed by atoms with Gasteiger partial charge in [-0.1, -0.05) is 18.2 Å². The first-order valence-electron chi connectivity index (χ1n) is 10.6. The van der Waals surface area contributed by atoms with Gasteiger partial charge in [0.2, 0.25) is 0 Å². The molecule has 0 unspecified atom stereocenters. The predicted molar refractivity (Wildman–Crippen MR) is 118 cm³/mol. The molecule has 3 aromatic rings. The second-order valence-corrected chi connectivity index (χ2v) is 7.59. The van der Waals surface area contributed by atoms with Crippen LogP contribution >= 0.6 is 0 Å². The summed E-state index contributed by atoms with van der Waals surface area (Å²) in [4.78, 5) is 27.9. The maximum absolute atomic E-state index is 13.3. The van der Waals surface area contributed by atoms with Crippen molar-refractivity contribution in [3.05, 3.63) is 64.2 Å². The van der Waals surface area contributed by atoms with Crippen LogP contribution < -0.4 is 5.56 Å². The molecular formula is C24H25FN2O5. The number of fused-ring (bicyclic) bond motifs is 1. The second kappa shape index (κ2) is 9.50. The van der Waals surface area contributed by atoms with Crippen molar-refractivity contribution in [3.8, 4) is 16.9 Å². The molecule has 0 radical (unpaired) electrons. The van der Waals surface area contributed by atoms with Gasteiger partial charge in [0.05, 0.1) is 25.3 Å². The molecule has 1 aliphatic rings. The number of hydrogen-bond donors (Lipinski definition) is 1. The fraction of sp³-hybridized carbons (Fsp3) is 0.333. The van der Waals surface area contributed by atoms with Gasteiger partial charge in [0.25, 0.3) is 5.56 Å². The van der Waals surface area contributed by atoms with Gasteiger partial charge in [-0.05, 0) is 42.3 Å². The van der Waals surface area contributed by atoms with Crippen molar-refractivity contribution in [2.75, 3.05) is 39.5 Å². The quantitative estimate of drug-likeness (QED) is 0.594. The molecule has 0 saturated carbocycles. The minimum atomic E-state index is -0.857. The Morgan fingerprint density at radius 2 is 1.78 bits per heavy atom. The normalized spacial score (nSPS) is 14.6. The Morgan fingerprint density at radius 3 is 2.47 bits per heavy atom. The van der Waals surface area contributed by atoms with Crippen molar-refractivity contribution in [3.63, 3.8) is 0 Å². The maximum atomic E-state index is 13.3. The van der Waals surface area contributed by atoms with Crippen LogP contribution in [0.2, 0.25) is 0 Å². The molecule has 1 aliphatic heterocycles. The highest BCUT2D eigenvalue weighted by molar-refractivity contribution is 6.00. The zero-order valence-electron chi connectivity index (χ0n) is 17.8. The molecule has 0 amide bonds. The van der Waals surface area contributed by atoms with E-state index in [0.717, 1.165) is 24.2 Å². The van der Waals surface area contributed by atoms with Crippen LogP contribution in [0.4, 0.5) is 4.39 Å². The van der Waals surface area contributed by atoms with Crippen LogP contribution in [-0.2, 0) is 16.0 Å². The maximum Gasteiger partial charge on any atom is 0.347 e. The van der Waals surface area contributed by atoms with Gasteiger partial charge in [-0.2, -0.15) is 0 Å². The Balaban J connectivity index is 1.83. The van der Waals surface area contributed by atoms with Gasteiger partial charge in [-0.3, -0.25) is 9.69 Å². The number of ether oxygens (including phenoxy) is 2. The van der Waals surface area contributed by atoms with Gasteiger partial charge in [-0.25, -0.2) is 9.18 Å². The molecule has 1 aromatic heterocycles. The molecule has 2 aromatic carbocycles.